The highest BCUT2D eigenvalue weighted by Gasteiger charge is 2.50. The molecule has 0 bridgehead atoms. The van der Waals surface area contributed by atoms with Gasteiger partial charge in [0.25, 0.3) is 0 Å². The lowest BCUT2D eigenvalue weighted by Gasteiger charge is -2.02. The van der Waals surface area contributed by atoms with Gasteiger partial charge in [-0.05, 0) is 5.56 Å². The molecular weight excluding hydrogens is 195 g/mol. The van der Waals surface area contributed by atoms with Crippen molar-refractivity contribution in [3.63, 3.8) is 0 Å². The van der Waals surface area contributed by atoms with Crippen LogP contribution < -0.4 is 0 Å². The summed E-state index contributed by atoms with van der Waals surface area (Å²) in [5.41, 5.74) is 1.09. The lowest BCUT2D eigenvalue weighted by Crippen LogP contribution is -2.00. The minimum absolute atomic E-state index is 0.0689. The first-order chi connectivity index (χ1) is 7.33. The maximum absolute atomic E-state index is 12.9. The van der Waals surface area contributed by atoms with Crippen molar-refractivity contribution < 1.29 is 14.2 Å². The highest BCUT2D eigenvalue weighted by molar-refractivity contribution is 5.13. The zero-order valence-electron chi connectivity index (χ0n) is 8.47. The Morgan fingerprint density at radius 2 is 1.93 bits per heavy atom. The van der Waals surface area contributed by atoms with Crippen LogP contribution in [0.4, 0.5) is 4.39 Å². The second kappa shape index (κ2) is 4.73. The third-order valence-corrected chi connectivity index (χ3v) is 2.86. The van der Waals surface area contributed by atoms with Crippen LogP contribution in [-0.4, -0.2) is 24.5 Å². The molecule has 1 aliphatic rings. The van der Waals surface area contributed by atoms with E-state index in [1.54, 1.807) is 0 Å². The molecule has 3 atom stereocenters. The fourth-order valence-electron chi connectivity index (χ4n) is 1.74. The number of alkyl halides is 1. The number of ether oxygens (including phenoxy) is 1. The fraction of sp³-hybridized carbons (Fsp3) is 0.500. The summed E-state index contributed by atoms with van der Waals surface area (Å²) in [6, 6.07) is 9.80. The summed E-state index contributed by atoms with van der Waals surface area (Å²) in [6.07, 6.45) is -0.870. The van der Waals surface area contributed by atoms with Crippen LogP contribution in [0.3, 0.4) is 0 Å². The summed E-state index contributed by atoms with van der Waals surface area (Å²) in [7, 11) is 0. The molecule has 3 heteroatoms. The molecular formula is C12H15FO2. The Kier molecular flexibility index (Phi) is 3.34. The van der Waals surface area contributed by atoms with Gasteiger partial charge in [-0.25, -0.2) is 4.39 Å². The van der Waals surface area contributed by atoms with Gasteiger partial charge in [0.1, 0.15) is 6.17 Å². The Morgan fingerprint density at radius 1 is 1.20 bits per heavy atom. The topological polar surface area (TPSA) is 29.5 Å². The summed E-state index contributed by atoms with van der Waals surface area (Å²) in [5, 5.41) is 8.77. The van der Waals surface area contributed by atoms with E-state index in [4.69, 9.17) is 9.84 Å². The number of halogens is 1. The van der Waals surface area contributed by atoms with Gasteiger partial charge in [0.05, 0.1) is 13.2 Å². The van der Waals surface area contributed by atoms with Crippen LogP contribution in [0.2, 0.25) is 0 Å². The normalized spacial score (nSPS) is 29.1. The van der Waals surface area contributed by atoms with Crippen molar-refractivity contribution in [2.24, 2.45) is 11.8 Å². The van der Waals surface area contributed by atoms with E-state index in [-0.39, 0.29) is 18.4 Å². The monoisotopic (exact) mass is 210 g/mol. The predicted octanol–water partition coefficient (Wildman–Crippen LogP) is 1.78. The van der Waals surface area contributed by atoms with Crippen molar-refractivity contribution >= 4 is 0 Å². The molecule has 0 heterocycles. The summed E-state index contributed by atoms with van der Waals surface area (Å²) in [5.74, 6) is -0.292. The highest BCUT2D eigenvalue weighted by atomic mass is 19.1. The predicted molar refractivity (Wildman–Crippen MR) is 55.1 cm³/mol. The molecule has 0 amide bonds. The van der Waals surface area contributed by atoms with E-state index in [2.05, 4.69) is 0 Å². The third-order valence-electron chi connectivity index (χ3n) is 2.86. The van der Waals surface area contributed by atoms with E-state index in [0.29, 0.717) is 13.2 Å². The molecule has 2 nitrogen and oxygen atoms in total. The van der Waals surface area contributed by atoms with Crippen LogP contribution in [0, 0.1) is 11.8 Å². The molecule has 0 spiro atoms. The standard InChI is InChI=1S/C12H15FO2/c13-12-10(6-14)11(12)8-15-7-9-4-2-1-3-5-9/h1-5,10-12,14H,6-8H2/t10-,11-,12-/m0/s1. The number of hydrogen-bond donors (Lipinski definition) is 1. The summed E-state index contributed by atoms with van der Waals surface area (Å²) in [6.45, 7) is 0.851. The van der Waals surface area contributed by atoms with Gasteiger partial charge in [0.15, 0.2) is 0 Å². The number of aliphatic hydroxyl groups is 1. The fourth-order valence-corrected chi connectivity index (χ4v) is 1.74. The van der Waals surface area contributed by atoms with E-state index < -0.39 is 6.17 Å². The van der Waals surface area contributed by atoms with Crippen molar-refractivity contribution in [1.29, 1.82) is 0 Å². The van der Waals surface area contributed by atoms with Crippen molar-refractivity contribution in [3.05, 3.63) is 35.9 Å². The van der Waals surface area contributed by atoms with E-state index in [9.17, 15) is 4.39 Å². The second-order valence-electron chi connectivity index (χ2n) is 3.96. The lowest BCUT2D eigenvalue weighted by molar-refractivity contribution is 0.101. The number of rotatable bonds is 5. The van der Waals surface area contributed by atoms with Gasteiger partial charge < -0.3 is 9.84 Å². The Hall–Kier alpha value is -0.930. The van der Waals surface area contributed by atoms with Gasteiger partial charge in [-0.15, -0.1) is 0 Å². The van der Waals surface area contributed by atoms with Crippen LogP contribution in [0.25, 0.3) is 0 Å². The SMILES string of the molecule is OC[C@@H]1[C@H](F)[C@H]1COCc1ccccc1. The molecule has 0 aromatic heterocycles. The quantitative estimate of drug-likeness (QED) is 0.802. The van der Waals surface area contributed by atoms with Gasteiger partial charge in [-0.2, -0.15) is 0 Å². The Labute approximate surface area is 88.7 Å². The number of benzene rings is 1. The average molecular weight is 210 g/mol. The molecule has 1 N–H and O–H groups in total. The molecule has 82 valence electrons. The zero-order chi connectivity index (χ0) is 10.7. The molecule has 0 saturated heterocycles. The molecule has 1 aromatic carbocycles. The van der Waals surface area contributed by atoms with Gasteiger partial charge in [-0.3, -0.25) is 0 Å². The smallest absolute Gasteiger partial charge is 0.111 e. The largest absolute Gasteiger partial charge is 0.396 e. The van der Waals surface area contributed by atoms with E-state index in [0.717, 1.165) is 5.56 Å². The Balaban J connectivity index is 1.68. The molecule has 0 aliphatic heterocycles. The maximum Gasteiger partial charge on any atom is 0.111 e. The van der Waals surface area contributed by atoms with Gasteiger partial charge >= 0.3 is 0 Å². The Bertz CT molecular complexity index is 302. The van der Waals surface area contributed by atoms with Gasteiger partial charge in [0.2, 0.25) is 0 Å². The molecule has 0 unspecified atom stereocenters. The first-order valence-electron chi connectivity index (χ1n) is 5.19. The van der Waals surface area contributed by atoms with Crippen molar-refractivity contribution in [1.82, 2.24) is 0 Å². The first-order valence-corrected chi connectivity index (χ1v) is 5.19. The zero-order valence-corrected chi connectivity index (χ0v) is 8.47. The molecule has 1 fully saturated rings. The number of aliphatic hydroxyl groups excluding tert-OH is 1. The maximum atomic E-state index is 12.9. The van der Waals surface area contributed by atoms with E-state index in [1.165, 1.54) is 0 Å². The van der Waals surface area contributed by atoms with Crippen LogP contribution in [0.15, 0.2) is 30.3 Å². The first kappa shape index (κ1) is 10.6. The van der Waals surface area contributed by atoms with Crippen LogP contribution in [0.1, 0.15) is 5.56 Å². The van der Waals surface area contributed by atoms with Crippen LogP contribution in [0.5, 0.6) is 0 Å². The molecule has 1 saturated carbocycles. The summed E-state index contributed by atoms with van der Waals surface area (Å²) in [4.78, 5) is 0. The van der Waals surface area contributed by atoms with Crippen molar-refractivity contribution in [2.75, 3.05) is 13.2 Å². The minimum Gasteiger partial charge on any atom is -0.396 e. The van der Waals surface area contributed by atoms with E-state index >= 15 is 0 Å². The average Bonchev–Trinajstić information content (AvgIpc) is 2.90. The molecule has 15 heavy (non-hydrogen) atoms. The second-order valence-corrected chi connectivity index (χ2v) is 3.96. The van der Waals surface area contributed by atoms with Crippen LogP contribution in [-0.2, 0) is 11.3 Å². The number of hydrogen-bond acceptors (Lipinski definition) is 2. The summed E-state index contributed by atoms with van der Waals surface area (Å²) >= 11 is 0. The highest BCUT2D eigenvalue weighted by Crippen LogP contribution is 2.41. The Morgan fingerprint density at radius 3 is 2.53 bits per heavy atom. The van der Waals surface area contributed by atoms with E-state index in [1.807, 2.05) is 30.3 Å². The van der Waals surface area contributed by atoms with Crippen molar-refractivity contribution in [2.45, 2.75) is 12.8 Å². The van der Waals surface area contributed by atoms with Gasteiger partial charge in [0, 0.05) is 18.4 Å². The summed E-state index contributed by atoms with van der Waals surface area (Å²) < 4.78 is 18.3. The van der Waals surface area contributed by atoms with Crippen LogP contribution >= 0.6 is 0 Å². The molecule has 2 rings (SSSR count). The van der Waals surface area contributed by atoms with Crippen molar-refractivity contribution in [3.8, 4) is 0 Å². The molecule has 0 radical (unpaired) electrons. The minimum atomic E-state index is -0.870. The third kappa shape index (κ3) is 2.55. The molecule has 1 aromatic rings. The lowest BCUT2D eigenvalue weighted by atomic mass is 10.2. The van der Waals surface area contributed by atoms with Gasteiger partial charge in [-0.1, -0.05) is 30.3 Å². The molecule has 1 aliphatic carbocycles.